The number of carbonyl (C=O) groups is 2. The van der Waals surface area contributed by atoms with Crippen LogP contribution in [0.4, 0.5) is 0 Å². The predicted molar refractivity (Wildman–Crippen MR) is 147 cm³/mol. The van der Waals surface area contributed by atoms with Gasteiger partial charge in [-0.25, -0.2) is 4.79 Å². The van der Waals surface area contributed by atoms with E-state index < -0.39 is 12.2 Å². The number of esters is 2. The molecular weight excluding hydrogens is 480 g/mol. The molecule has 0 spiro atoms. The maximum atomic E-state index is 13.2. The summed E-state index contributed by atoms with van der Waals surface area (Å²) in [4.78, 5) is 25.5. The summed E-state index contributed by atoms with van der Waals surface area (Å²) in [6, 6.07) is 0. The van der Waals surface area contributed by atoms with Crippen molar-refractivity contribution in [2.45, 2.75) is 118 Å². The largest absolute Gasteiger partial charge is 0.466 e. The van der Waals surface area contributed by atoms with Crippen molar-refractivity contribution >= 4 is 11.9 Å². The lowest BCUT2D eigenvalue weighted by Gasteiger charge is -2.69. The molecule has 4 saturated carbocycles. The molecule has 4 aliphatic carbocycles. The second-order valence-corrected chi connectivity index (χ2v) is 13.8. The SMILES string of the molecule is COC(=O)/C(CCC=C(C)C)=C1\[C@@H](OC(C)=O)C[C@@]2(C)[C@H]1C[C@@H](O)[C@H]1[C@@]3(C)CC[C@H](O)[C@@H](C)[C@@H]3CC[C@@]12C. The molecule has 6 nitrogen and oxygen atoms in total. The zero-order valence-electron chi connectivity index (χ0n) is 24.8. The Morgan fingerprint density at radius 3 is 2.32 bits per heavy atom. The molecule has 0 aromatic carbocycles. The Balaban J connectivity index is 1.84. The third kappa shape index (κ3) is 4.48. The van der Waals surface area contributed by atoms with Gasteiger partial charge in [0.05, 0.1) is 19.3 Å². The molecule has 4 aliphatic rings. The Morgan fingerprint density at radius 1 is 1.03 bits per heavy atom. The molecule has 0 aliphatic heterocycles. The molecule has 4 rings (SSSR count). The highest BCUT2D eigenvalue weighted by molar-refractivity contribution is 5.90. The van der Waals surface area contributed by atoms with Crippen LogP contribution in [0.15, 0.2) is 22.8 Å². The average Bonchev–Trinajstić information content (AvgIpc) is 3.10. The van der Waals surface area contributed by atoms with E-state index >= 15 is 0 Å². The summed E-state index contributed by atoms with van der Waals surface area (Å²) in [6.07, 6.45) is 6.87. The molecule has 4 fully saturated rings. The summed E-state index contributed by atoms with van der Waals surface area (Å²) in [5.41, 5.74) is 2.13. The smallest absolute Gasteiger partial charge is 0.333 e. The van der Waals surface area contributed by atoms with Crippen LogP contribution in [0.1, 0.15) is 99.8 Å². The lowest BCUT2D eigenvalue weighted by molar-refractivity contribution is -0.234. The Hall–Kier alpha value is -1.66. The Kier molecular flexibility index (Phi) is 8.02. The van der Waals surface area contributed by atoms with Gasteiger partial charge < -0.3 is 19.7 Å². The van der Waals surface area contributed by atoms with Crippen LogP contribution in [0, 0.1) is 39.9 Å². The van der Waals surface area contributed by atoms with Crippen molar-refractivity contribution in [1.82, 2.24) is 0 Å². The molecule has 0 saturated heterocycles. The normalized spacial score (nSPS) is 45.3. The fourth-order valence-electron chi connectivity index (χ4n) is 9.90. The zero-order chi connectivity index (χ0) is 28.2. The van der Waals surface area contributed by atoms with E-state index in [9.17, 15) is 19.8 Å². The van der Waals surface area contributed by atoms with E-state index in [4.69, 9.17) is 9.47 Å². The van der Waals surface area contributed by atoms with Gasteiger partial charge in [0.2, 0.25) is 0 Å². The van der Waals surface area contributed by atoms with Gasteiger partial charge in [0, 0.05) is 12.5 Å². The van der Waals surface area contributed by atoms with Gasteiger partial charge in [-0.2, -0.15) is 0 Å². The lowest BCUT2D eigenvalue weighted by atomic mass is 9.36. The van der Waals surface area contributed by atoms with Crippen LogP contribution < -0.4 is 0 Å². The van der Waals surface area contributed by atoms with E-state index in [1.54, 1.807) is 0 Å². The van der Waals surface area contributed by atoms with Crippen molar-refractivity contribution in [2.75, 3.05) is 7.11 Å². The summed E-state index contributed by atoms with van der Waals surface area (Å²) in [5.74, 6) is -0.128. The van der Waals surface area contributed by atoms with Crippen molar-refractivity contribution in [2.24, 2.45) is 39.9 Å². The number of allylic oxidation sites excluding steroid dienone is 2. The predicted octanol–water partition coefficient (Wildman–Crippen LogP) is 5.75. The Labute approximate surface area is 229 Å². The van der Waals surface area contributed by atoms with E-state index in [1.165, 1.54) is 19.6 Å². The maximum absolute atomic E-state index is 13.2. The molecule has 0 aromatic heterocycles. The molecule has 2 N–H and O–H groups in total. The molecule has 0 amide bonds. The van der Waals surface area contributed by atoms with Crippen molar-refractivity contribution in [3.63, 3.8) is 0 Å². The molecular formula is C32H50O6. The first-order valence-corrected chi connectivity index (χ1v) is 14.7. The molecule has 214 valence electrons. The van der Waals surface area contributed by atoms with Gasteiger partial charge in [0.25, 0.3) is 0 Å². The number of rotatable bonds is 5. The third-order valence-corrected chi connectivity index (χ3v) is 11.7. The monoisotopic (exact) mass is 530 g/mol. The fourth-order valence-corrected chi connectivity index (χ4v) is 9.90. The first kappa shape index (κ1) is 29.3. The average molecular weight is 531 g/mol. The number of aliphatic hydroxyl groups is 2. The number of carbonyl (C=O) groups excluding carboxylic acids is 2. The van der Waals surface area contributed by atoms with Crippen LogP contribution in [0.3, 0.4) is 0 Å². The molecule has 0 bridgehead atoms. The number of fused-ring (bicyclic) bond motifs is 5. The topological polar surface area (TPSA) is 93.1 Å². The zero-order valence-corrected chi connectivity index (χ0v) is 24.8. The van der Waals surface area contributed by atoms with Gasteiger partial charge in [-0.3, -0.25) is 4.79 Å². The summed E-state index contributed by atoms with van der Waals surface area (Å²) >= 11 is 0. The summed E-state index contributed by atoms with van der Waals surface area (Å²) in [7, 11) is 1.41. The number of ether oxygens (including phenoxy) is 2. The highest BCUT2D eigenvalue weighted by Gasteiger charge is 2.70. The quantitative estimate of drug-likeness (QED) is 0.267. The molecule has 38 heavy (non-hydrogen) atoms. The van der Waals surface area contributed by atoms with E-state index in [-0.39, 0.29) is 52.0 Å². The van der Waals surface area contributed by atoms with Crippen molar-refractivity contribution in [1.29, 1.82) is 0 Å². The van der Waals surface area contributed by atoms with E-state index in [2.05, 4.69) is 33.8 Å². The van der Waals surface area contributed by atoms with Gasteiger partial charge in [-0.05, 0) is 111 Å². The molecule has 0 aromatic rings. The molecule has 0 radical (unpaired) electrons. The summed E-state index contributed by atoms with van der Waals surface area (Å²) < 4.78 is 11.2. The van der Waals surface area contributed by atoms with Crippen molar-refractivity contribution < 1.29 is 29.3 Å². The van der Waals surface area contributed by atoms with Crippen LogP contribution in [0.2, 0.25) is 0 Å². The highest BCUT2D eigenvalue weighted by Crippen LogP contribution is 2.74. The molecule has 6 heteroatoms. The molecule has 0 unspecified atom stereocenters. The van der Waals surface area contributed by atoms with E-state index in [0.717, 1.165) is 31.3 Å². The van der Waals surface area contributed by atoms with Crippen LogP contribution in [0.25, 0.3) is 0 Å². The van der Waals surface area contributed by atoms with Crippen molar-refractivity contribution in [3.05, 3.63) is 22.8 Å². The summed E-state index contributed by atoms with van der Waals surface area (Å²) in [5, 5.41) is 22.7. The minimum absolute atomic E-state index is 0.0724. The van der Waals surface area contributed by atoms with Crippen LogP contribution in [-0.2, 0) is 19.1 Å². The van der Waals surface area contributed by atoms with Gasteiger partial charge in [-0.15, -0.1) is 0 Å². The number of methoxy groups -OCH3 is 1. The lowest BCUT2D eigenvalue weighted by Crippen LogP contribution is -2.65. The van der Waals surface area contributed by atoms with Crippen LogP contribution in [0.5, 0.6) is 0 Å². The van der Waals surface area contributed by atoms with Gasteiger partial charge >= 0.3 is 11.9 Å². The second kappa shape index (κ2) is 10.4. The second-order valence-electron chi connectivity index (χ2n) is 13.8. The third-order valence-electron chi connectivity index (χ3n) is 11.7. The van der Waals surface area contributed by atoms with Gasteiger partial charge in [0.1, 0.15) is 6.10 Å². The molecule has 0 heterocycles. The standard InChI is InChI=1S/C32H50O6/c1-18(2)10-9-11-21(29(36)37-8)27-23-16-25(35)28-30(5)14-13-24(34)19(3)22(30)12-15-31(28,6)32(23,7)17-26(27)38-20(4)33/h10,19,22-26,28,34-35H,9,11-17H2,1-8H3/b27-21-/t19-,22-,23-,24-,25+,26-,28-,30-,31-,32-/m0/s1. The van der Waals surface area contributed by atoms with E-state index in [0.29, 0.717) is 37.2 Å². The minimum atomic E-state index is -0.531. The minimum Gasteiger partial charge on any atom is -0.466 e. The Morgan fingerprint density at radius 2 is 1.71 bits per heavy atom. The molecule has 10 atom stereocenters. The first-order valence-electron chi connectivity index (χ1n) is 14.7. The van der Waals surface area contributed by atoms with Crippen LogP contribution in [-0.4, -0.2) is 47.6 Å². The number of hydrogen-bond acceptors (Lipinski definition) is 6. The number of hydrogen-bond donors (Lipinski definition) is 2. The first-order chi connectivity index (χ1) is 17.7. The van der Waals surface area contributed by atoms with Crippen molar-refractivity contribution in [3.8, 4) is 0 Å². The fraction of sp³-hybridized carbons (Fsp3) is 0.812. The van der Waals surface area contributed by atoms with Gasteiger partial charge in [-0.1, -0.05) is 39.3 Å². The highest BCUT2D eigenvalue weighted by atomic mass is 16.5. The Bertz CT molecular complexity index is 1010. The summed E-state index contributed by atoms with van der Waals surface area (Å²) in [6.45, 7) is 14.7. The maximum Gasteiger partial charge on any atom is 0.333 e. The van der Waals surface area contributed by atoms with E-state index in [1.807, 2.05) is 13.8 Å². The van der Waals surface area contributed by atoms with Gasteiger partial charge in [0.15, 0.2) is 0 Å². The number of aliphatic hydroxyl groups excluding tert-OH is 2. The van der Waals surface area contributed by atoms with Crippen LogP contribution >= 0.6 is 0 Å².